The van der Waals surface area contributed by atoms with Gasteiger partial charge in [-0.1, -0.05) is 0 Å². The van der Waals surface area contributed by atoms with Crippen LogP contribution in [0.3, 0.4) is 0 Å². The van der Waals surface area contributed by atoms with Gasteiger partial charge >= 0.3 is 0 Å². The molecule has 0 aliphatic carbocycles. The second kappa shape index (κ2) is 7.22. The maximum atomic E-state index is 13.4. The number of carbonyl (C=O) groups is 3. The first-order valence-corrected chi connectivity index (χ1v) is 8.87. The topological polar surface area (TPSA) is 95.2 Å². The summed E-state index contributed by atoms with van der Waals surface area (Å²) in [6.45, 7) is 0.380. The molecule has 1 aliphatic heterocycles. The lowest BCUT2D eigenvalue weighted by molar-refractivity contribution is -0.121. The Hall–Kier alpha value is -3.55. The molecule has 2 N–H and O–H groups in total. The summed E-state index contributed by atoms with van der Waals surface area (Å²) in [5.74, 6) is -1.41. The van der Waals surface area contributed by atoms with Crippen molar-refractivity contribution in [1.82, 2.24) is 20.2 Å². The molecule has 142 valence electrons. The van der Waals surface area contributed by atoms with Crippen LogP contribution in [-0.2, 0) is 11.2 Å². The number of carbonyl (C=O) groups excluding carboxylic acids is 3. The standard InChI is InChI=1S/C20H17FN4O3/c21-13-1-2-17-15(9-13)12(10-24-17)3-7-23-18(26)5-8-25-19(27)14-4-6-22-11-16(14)20(25)28/h1-2,4,6,9-11,24H,3,5,7-8H2,(H,23,26). The van der Waals surface area contributed by atoms with E-state index in [9.17, 15) is 18.8 Å². The van der Waals surface area contributed by atoms with E-state index in [0.29, 0.717) is 18.5 Å². The fraction of sp³-hybridized carbons (Fsp3) is 0.200. The average molecular weight is 380 g/mol. The smallest absolute Gasteiger partial charge is 0.263 e. The highest BCUT2D eigenvalue weighted by Crippen LogP contribution is 2.22. The van der Waals surface area contributed by atoms with Gasteiger partial charge in [0.2, 0.25) is 5.91 Å². The van der Waals surface area contributed by atoms with Crippen molar-refractivity contribution in [3.05, 3.63) is 65.4 Å². The van der Waals surface area contributed by atoms with E-state index in [-0.39, 0.29) is 30.3 Å². The van der Waals surface area contributed by atoms with Gasteiger partial charge in [0.25, 0.3) is 11.8 Å². The molecule has 3 amide bonds. The highest BCUT2D eigenvalue weighted by Gasteiger charge is 2.35. The van der Waals surface area contributed by atoms with Crippen LogP contribution in [0, 0.1) is 5.82 Å². The van der Waals surface area contributed by atoms with Crippen molar-refractivity contribution < 1.29 is 18.8 Å². The molecular formula is C20H17FN4O3. The number of aromatic amines is 1. The van der Waals surface area contributed by atoms with Crippen molar-refractivity contribution in [2.75, 3.05) is 13.1 Å². The summed E-state index contributed by atoms with van der Waals surface area (Å²) in [7, 11) is 0. The van der Waals surface area contributed by atoms with Gasteiger partial charge in [0.15, 0.2) is 0 Å². The van der Waals surface area contributed by atoms with Crippen LogP contribution in [0.25, 0.3) is 10.9 Å². The number of pyridine rings is 1. The van der Waals surface area contributed by atoms with Crippen LogP contribution in [0.5, 0.6) is 0 Å². The lowest BCUT2D eigenvalue weighted by Gasteiger charge is -2.13. The number of benzene rings is 1. The largest absolute Gasteiger partial charge is 0.361 e. The number of fused-ring (bicyclic) bond motifs is 2. The normalized spacial score (nSPS) is 13.2. The number of imide groups is 1. The van der Waals surface area contributed by atoms with Crippen LogP contribution in [-0.4, -0.2) is 45.7 Å². The predicted molar refractivity (Wildman–Crippen MR) is 99.2 cm³/mol. The van der Waals surface area contributed by atoms with E-state index in [1.807, 2.05) is 0 Å². The maximum absolute atomic E-state index is 13.4. The van der Waals surface area contributed by atoms with Crippen LogP contribution < -0.4 is 5.32 Å². The molecular weight excluding hydrogens is 363 g/mol. The summed E-state index contributed by atoms with van der Waals surface area (Å²) >= 11 is 0. The molecule has 3 heterocycles. The molecule has 0 fully saturated rings. The van der Waals surface area contributed by atoms with Crippen molar-refractivity contribution in [1.29, 1.82) is 0 Å². The second-order valence-electron chi connectivity index (χ2n) is 6.54. The number of nitrogens with one attached hydrogen (secondary N) is 2. The van der Waals surface area contributed by atoms with E-state index in [1.54, 1.807) is 12.3 Å². The summed E-state index contributed by atoms with van der Waals surface area (Å²) in [6, 6.07) is 6.02. The van der Waals surface area contributed by atoms with Gasteiger partial charge in [-0.15, -0.1) is 0 Å². The fourth-order valence-corrected chi connectivity index (χ4v) is 3.33. The monoisotopic (exact) mass is 380 g/mol. The summed E-state index contributed by atoms with van der Waals surface area (Å²) in [4.78, 5) is 44.6. The SMILES string of the molecule is O=C(CCN1C(=O)c2ccncc2C1=O)NCCc1c[nH]c2ccc(F)cc12. The molecule has 28 heavy (non-hydrogen) atoms. The van der Waals surface area contributed by atoms with Gasteiger partial charge in [-0.25, -0.2) is 4.39 Å². The van der Waals surface area contributed by atoms with Crippen LogP contribution in [0.2, 0.25) is 0 Å². The zero-order chi connectivity index (χ0) is 19.7. The molecule has 0 saturated carbocycles. The van der Waals surface area contributed by atoms with E-state index in [4.69, 9.17) is 0 Å². The van der Waals surface area contributed by atoms with E-state index < -0.39 is 11.8 Å². The Morgan fingerprint density at radius 1 is 1.18 bits per heavy atom. The molecule has 0 bridgehead atoms. The van der Waals surface area contributed by atoms with E-state index >= 15 is 0 Å². The summed E-state index contributed by atoms with van der Waals surface area (Å²) in [6.07, 6.45) is 5.16. The highest BCUT2D eigenvalue weighted by molar-refractivity contribution is 6.21. The molecule has 0 saturated heterocycles. The molecule has 0 atom stereocenters. The minimum Gasteiger partial charge on any atom is -0.361 e. The molecule has 0 radical (unpaired) electrons. The third kappa shape index (κ3) is 3.24. The number of rotatable bonds is 6. The van der Waals surface area contributed by atoms with E-state index in [2.05, 4.69) is 15.3 Å². The van der Waals surface area contributed by atoms with E-state index in [1.165, 1.54) is 30.6 Å². The predicted octanol–water partition coefficient (Wildman–Crippen LogP) is 2.05. The quantitative estimate of drug-likeness (QED) is 0.640. The Morgan fingerprint density at radius 3 is 2.82 bits per heavy atom. The molecule has 8 heteroatoms. The molecule has 1 aliphatic rings. The zero-order valence-corrected chi connectivity index (χ0v) is 14.9. The van der Waals surface area contributed by atoms with Crippen LogP contribution >= 0.6 is 0 Å². The Morgan fingerprint density at radius 2 is 2.00 bits per heavy atom. The third-order valence-electron chi connectivity index (χ3n) is 4.78. The Labute approximate surface area is 159 Å². The summed E-state index contributed by atoms with van der Waals surface area (Å²) in [5, 5.41) is 3.55. The number of H-pyrrole nitrogens is 1. The molecule has 0 unspecified atom stereocenters. The first-order valence-electron chi connectivity index (χ1n) is 8.87. The van der Waals surface area contributed by atoms with Crippen molar-refractivity contribution in [3.8, 4) is 0 Å². The minimum atomic E-state index is -0.429. The van der Waals surface area contributed by atoms with Gasteiger partial charge in [-0.2, -0.15) is 0 Å². The van der Waals surface area contributed by atoms with Crippen LogP contribution in [0.4, 0.5) is 4.39 Å². The number of nitrogens with zero attached hydrogens (tertiary/aromatic N) is 2. The maximum Gasteiger partial charge on any atom is 0.263 e. The van der Waals surface area contributed by atoms with Gasteiger partial charge in [-0.05, 0) is 36.2 Å². The van der Waals surface area contributed by atoms with Gasteiger partial charge in [0.1, 0.15) is 5.82 Å². The van der Waals surface area contributed by atoms with Crippen molar-refractivity contribution >= 4 is 28.6 Å². The lowest BCUT2D eigenvalue weighted by atomic mass is 10.1. The Balaban J connectivity index is 1.29. The number of aromatic nitrogens is 2. The van der Waals surface area contributed by atoms with E-state index in [0.717, 1.165) is 21.4 Å². The van der Waals surface area contributed by atoms with Crippen molar-refractivity contribution in [3.63, 3.8) is 0 Å². The summed E-state index contributed by atoms with van der Waals surface area (Å²) in [5.41, 5.74) is 2.32. The lowest BCUT2D eigenvalue weighted by Crippen LogP contribution is -2.35. The number of halogens is 1. The second-order valence-corrected chi connectivity index (χ2v) is 6.54. The summed E-state index contributed by atoms with van der Waals surface area (Å²) < 4.78 is 13.4. The number of amides is 3. The molecule has 3 aromatic rings. The Kier molecular flexibility index (Phi) is 4.60. The first kappa shape index (κ1) is 17.8. The van der Waals surface area contributed by atoms with Crippen molar-refractivity contribution in [2.45, 2.75) is 12.8 Å². The van der Waals surface area contributed by atoms with Gasteiger partial charge < -0.3 is 10.3 Å². The first-order chi connectivity index (χ1) is 13.5. The number of hydrogen-bond acceptors (Lipinski definition) is 4. The fourth-order valence-electron chi connectivity index (χ4n) is 3.33. The van der Waals surface area contributed by atoms with Crippen LogP contribution in [0.1, 0.15) is 32.7 Å². The van der Waals surface area contributed by atoms with Gasteiger partial charge in [0.05, 0.1) is 11.1 Å². The minimum absolute atomic E-state index is 0.0104. The van der Waals surface area contributed by atoms with Crippen molar-refractivity contribution in [2.24, 2.45) is 0 Å². The molecule has 7 nitrogen and oxygen atoms in total. The third-order valence-corrected chi connectivity index (χ3v) is 4.78. The zero-order valence-electron chi connectivity index (χ0n) is 14.9. The highest BCUT2D eigenvalue weighted by atomic mass is 19.1. The van der Waals surface area contributed by atoms with Gasteiger partial charge in [0, 0.05) is 49.0 Å². The molecule has 2 aromatic heterocycles. The number of hydrogen-bond donors (Lipinski definition) is 2. The average Bonchev–Trinajstić information content (AvgIpc) is 3.20. The molecule has 0 spiro atoms. The van der Waals surface area contributed by atoms with Gasteiger partial charge in [-0.3, -0.25) is 24.3 Å². The molecule has 4 rings (SSSR count). The Bertz CT molecular complexity index is 1060. The van der Waals surface area contributed by atoms with Crippen LogP contribution in [0.15, 0.2) is 42.9 Å². The molecule has 1 aromatic carbocycles.